The molecule has 0 fully saturated rings. The minimum Gasteiger partial charge on any atom is -0.464 e. The first-order valence-electron chi connectivity index (χ1n) is 16.1. The Morgan fingerprint density at radius 2 is 1.19 bits per heavy atom. The normalized spacial score (nSPS) is 12.9. The summed E-state index contributed by atoms with van der Waals surface area (Å²) in [5, 5.41) is 1.02. The molecule has 0 aliphatic carbocycles. The van der Waals surface area contributed by atoms with Crippen LogP contribution in [0, 0.1) is 0 Å². The maximum atomic E-state index is 6.73. The molecule has 2 aliphatic heterocycles. The molecule has 7 aromatic rings. The van der Waals surface area contributed by atoms with Crippen molar-refractivity contribution in [1.29, 1.82) is 0 Å². The molecule has 0 radical (unpaired) electrons. The lowest BCUT2D eigenvalue weighted by Crippen LogP contribution is -2.57. The fraction of sp³-hybridized carbons (Fsp3) is 0.0952. The van der Waals surface area contributed by atoms with Gasteiger partial charge in [0.05, 0.1) is 17.6 Å². The predicted octanol–water partition coefficient (Wildman–Crippen LogP) is 9.59. The minimum absolute atomic E-state index is 0.0145. The molecule has 0 atom stereocenters. The van der Waals surface area contributed by atoms with Crippen molar-refractivity contribution in [3.8, 4) is 34.1 Å². The lowest BCUT2D eigenvalue weighted by molar-refractivity contribution is 0.465. The molecule has 9 rings (SSSR count). The number of hydrogen-bond donors (Lipinski definition) is 0. The van der Waals surface area contributed by atoms with Crippen molar-refractivity contribution in [3.05, 3.63) is 145 Å². The van der Waals surface area contributed by atoms with Gasteiger partial charge in [0.2, 0.25) is 0 Å². The number of anilines is 3. The Kier molecular flexibility index (Phi) is 6.13. The van der Waals surface area contributed by atoms with E-state index in [1.807, 2.05) is 12.1 Å². The van der Waals surface area contributed by atoms with Crippen LogP contribution >= 0.6 is 0 Å². The third-order valence-corrected chi connectivity index (χ3v) is 9.44. The number of furan rings is 1. The highest BCUT2D eigenvalue weighted by Gasteiger charge is 2.40. The molecular weight excluding hydrogens is 577 g/mol. The van der Waals surface area contributed by atoms with Gasteiger partial charge in [0, 0.05) is 34.2 Å². The maximum absolute atomic E-state index is 6.73. The van der Waals surface area contributed by atoms with Crippen LogP contribution in [0.1, 0.15) is 26.3 Å². The zero-order valence-corrected chi connectivity index (χ0v) is 26.5. The summed E-state index contributed by atoms with van der Waals surface area (Å²) in [6, 6.07) is 46.7. The molecule has 5 heteroatoms. The number of benzene rings is 6. The van der Waals surface area contributed by atoms with Crippen molar-refractivity contribution in [1.82, 2.24) is 0 Å². The molecule has 3 heterocycles. The summed E-state index contributed by atoms with van der Waals surface area (Å²) in [6.07, 6.45) is 1.77. The number of fused-ring (bicyclic) bond motifs is 5. The Bertz CT molecular complexity index is 2230. The highest BCUT2D eigenvalue weighted by atomic mass is 16.5. The third kappa shape index (κ3) is 4.45. The largest absolute Gasteiger partial charge is 0.464 e. The molecule has 0 saturated carbocycles. The van der Waals surface area contributed by atoms with E-state index in [1.165, 1.54) is 5.56 Å². The summed E-state index contributed by atoms with van der Waals surface area (Å²) < 4.78 is 19.5. The summed E-state index contributed by atoms with van der Waals surface area (Å²) in [7, 11) is 0. The molecule has 0 N–H and O–H groups in total. The summed E-state index contributed by atoms with van der Waals surface area (Å²) >= 11 is 0. The maximum Gasteiger partial charge on any atom is 0.260 e. The Hall–Kier alpha value is -5.68. The van der Waals surface area contributed by atoms with Crippen molar-refractivity contribution in [2.24, 2.45) is 0 Å². The Labute approximate surface area is 274 Å². The lowest BCUT2D eigenvalue weighted by Gasteiger charge is -2.35. The van der Waals surface area contributed by atoms with Crippen LogP contribution in [0.5, 0.6) is 23.0 Å². The van der Waals surface area contributed by atoms with Gasteiger partial charge < -0.3 is 18.8 Å². The van der Waals surface area contributed by atoms with E-state index >= 15 is 0 Å². The molecule has 6 aromatic carbocycles. The van der Waals surface area contributed by atoms with Gasteiger partial charge in [0.1, 0.15) is 28.6 Å². The molecule has 0 spiro atoms. The van der Waals surface area contributed by atoms with E-state index in [0.29, 0.717) is 0 Å². The van der Waals surface area contributed by atoms with Gasteiger partial charge >= 0.3 is 0 Å². The van der Waals surface area contributed by atoms with Crippen LogP contribution in [-0.4, -0.2) is 6.71 Å². The van der Waals surface area contributed by atoms with Crippen molar-refractivity contribution in [3.63, 3.8) is 0 Å². The van der Waals surface area contributed by atoms with Crippen molar-refractivity contribution in [2.75, 3.05) is 4.90 Å². The molecule has 0 bridgehead atoms. The van der Waals surface area contributed by atoms with Crippen LogP contribution in [0.2, 0.25) is 0 Å². The minimum atomic E-state index is 0.0145. The summed E-state index contributed by atoms with van der Waals surface area (Å²) in [5.74, 6) is 3.33. The van der Waals surface area contributed by atoms with Crippen molar-refractivity contribution < 1.29 is 13.9 Å². The summed E-state index contributed by atoms with van der Waals surface area (Å²) in [6.45, 7) is 6.75. The molecule has 0 saturated heterocycles. The van der Waals surface area contributed by atoms with Crippen LogP contribution in [0.15, 0.2) is 144 Å². The van der Waals surface area contributed by atoms with Gasteiger partial charge in [0.15, 0.2) is 0 Å². The fourth-order valence-corrected chi connectivity index (χ4v) is 7.15. The number of rotatable bonds is 4. The van der Waals surface area contributed by atoms with Crippen LogP contribution in [0.4, 0.5) is 17.1 Å². The van der Waals surface area contributed by atoms with E-state index in [2.05, 4.69) is 147 Å². The predicted molar refractivity (Wildman–Crippen MR) is 193 cm³/mol. The first kappa shape index (κ1) is 27.6. The van der Waals surface area contributed by atoms with Gasteiger partial charge in [-0.05, 0) is 69.9 Å². The average Bonchev–Trinajstić information content (AvgIpc) is 3.58. The number of ether oxygens (including phenoxy) is 2. The first-order valence-corrected chi connectivity index (χ1v) is 16.1. The van der Waals surface area contributed by atoms with Crippen molar-refractivity contribution in [2.45, 2.75) is 26.2 Å². The van der Waals surface area contributed by atoms with E-state index in [-0.39, 0.29) is 12.1 Å². The number of para-hydroxylation sites is 2. The smallest absolute Gasteiger partial charge is 0.260 e. The van der Waals surface area contributed by atoms with Crippen LogP contribution in [-0.2, 0) is 5.41 Å². The lowest BCUT2D eigenvalue weighted by atomic mass is 9.35. The molecule has 2 aliphatic rings. The van der Waals surface area contributed by atoms with Gasteiger partial charge in [-0.2, -0.15) is 0 Å². The molecular formula is C42H32BNO3. The first-order chi connectivity index (χ1) is 22.9. The van der Waals surface area contributed by atoms with E-state index in [4.69, 9.17) is 13.9 Å². The quantitative estimate of drug-likeness (QED) is 0.186. The van der Waals surface area contributed by atoms with Gasteiger partial charge in [-0.1, -0.05) is 99.6 Å². The van der Waals surface area contributed by atoms with Crippen LogP contribution in [0.3, 0.4) is 0 Å². The summed E-state index contributed by atoms with van der Waals surface area (Å²) in [5.41, 5.74) is 10.7. The number of nitrogens with zero attached hydrogens (tertiary/aromatic N) is 1. The standard InChI is InChI=1S/C42H32BNO3/c1-42(2,3)28-17-19-29(20-18-28)44(41-31(27-11-5-4-6-12-27)21-22-35-32(41)23-24-45-35)30-25-38-40-39(26-30)47-37-16-10-8-14-34(37)43(40)33-13-7-9-15-36(33)46-38/h4-26H,1-3H3. The molecule has 47 heavy (non-hydrogen) atoms. The van der Waals surface area contributed by atoms with E-state index < -0.39 is 0 Å². The van der Waals surface area contributed by atoms with Crippen LogP contribution in [0.25, 0.3) is 22.1 Å². The van der Waals surface area contributed by atoms with E-state index in [9.17, 15) is 0 Å². The average molecular weight is 610 g/mol. The zero-order chi connectivity index (χ0) is 31.7. The fourth-order valence-electron chi connectivity index (χ4n) is 7.15. The molecule has 0 unspecified atom stereocenters. The highest BCUT2D eigenvalue weighted by Crippen LogP contribution is 2.48. The SMILES string of the molecule is CC(C)(C)c1ccc(N(c2cc3c4c(c2)Oc2ccccc2B4c2ccccc2O3)c2c(-c3ccccc3)ccc3occc23)cc1. The summed E-state index contributed by atoms with van der Waals surface area (Å²) in [4.78, 5) is 2.33. The highest BCUT2D eigenvalue weighted by molar-refractivity contribution is 6.98. The molecule has 1 aromatic heterocycles. The van der Waals surface area contributed by atoms with Gasteiger partial charge in [-0.25, -0.2) is 0 Å². The second kappa shape index (κ2) is 10.4. The van der Waals surface area contributed by atoms with Gasteiger partial charge in [0.25, 0.3) is 6.71 Å². The number of hydrogen-bond acceptors (Lipinski definition) is 4. The van der Waals surface area contributed by atoms with Crippen molar-refractivity contribution >= 4 is 51.1 Å². The topological polar surface area (TPSA) is 34.8 Å². The molecule has 4 nitrogen and oxygen atoms in total. The zero-order valence-electron chi connectivity index (χ0n) is 26.5. The van der Waals surface area contributed by atoms with Gasteiger partial charge in [-0.15, -0.1) is 0 Å². The molecule has 0 amide bonds. The van der Waals surface area contributed by atoms with E-state index in [1.54, 1.807) is 6.26 Å². The molecule has 226 valence electrons. The third-order valence-electron chi connectivity index (χ3n) is 9.44. The second-order valence-corrected chi connectivity index (χ2v) is 13.4. The second-order valence-electron chi connectivity index (χ2n) is 13.4. The Morgan fingerprint density at radius 3 is 1.83 bits per heavy atom. The monoisotopic (exact) mass is 609 g/mol. The van der Waals surface area contributed by atoms with E-state index in [0.717, 1.165) is 78.5 Å². The van der Waals surface area contributed by atoms with Gasteiger partial charge in [-0.3, -0.25) is 0 Å². The van der Waals surface area contributed by atoms with Crippen LogP contribution < -0.4 is 30.8 Å². The Morgan fingerprint density at radius 1 is 0.574 bits per heavy atom. The Balaban J connectivity index is 1.32.